The molecular weight excluding hydrogens is 202 g/mol. The largest absolute Gasteiger partial charge is 0.457 e. The van der Waals surface area contributed by atoms with Crippen LogP contribution in [-0.4, -0.2) is 4.98 Å². The van der Waals surface area contributed by atoms with Crippen molar-refractivity contribution < 1.29 is 4.74 Å². The Balaban J connectivity index is 2.24. The number of nitrogens with one attached hydrogen (secondary N) is 1. The van der Waals surface area contributed by atoms with Crippen LogP contribution in [0.3, 0.4) is 0 Å². The molecule has 0 spiro atoms. The minimum atomic E-state index is 0.575. The molecule has 0 saturated heterocycles. The van der Waals surface area contributed by atoms with Crippen LogP contribution in [0.25, 0.3) is 0 Å². The first-order valence-corrected chi connectivity index (χ1v) is 4.96. The molecule has 0 atom stereocenters. The zero-order chi connectivity index (χ0) is 11.4. The third-order valence-corrected chi connectivity index (χ3v) is 2.20. The summed E-state index contributed by atoms with van der Waals surface area (Å²) in [5, 5.41) is 0. The van der Waals surface area contributed by atoms with Crippen molar-refractivity contribution in [1.29, 1.82) is 0 Å². The van der Waals surface area contributed by atoms with Gasteiger partial charge in [0.25, 0.3) is 0 Å². The first-order chi connectivity index (χ1) is 7.79. The highest BCUT2D eigenvalue weighted by Crippen LogP contribution is 2.25. The number of nitrogens with two attached hydrogens (primary N) is 1. The van der Waals surface area contributed by atoms with Crippen LogP contribution < -0.4 is 16.0 Å². The van der Waals surface area contributed by atoms with Crippen LogP contribution in [0.4, 0.5) is 5.82 Å². The van der Waals surface area contributed by atoms with Gasteiger partial charge >= 0.3 is 0 Å². The third-order valence-electron chi connectivity index (χ3n) is 2.20. The van der Waals surface area contributed by atoms with Gasteiger partial charge < -0.3 is 10.2 Å². The van der Waals surface area contributed by atoms with Gasteiger partial charge in [0.2, 0.25) is 0 Å². The summed E-state index contributed by atoms with van der Waals surface area (Å²) < 4.78 is 5.72. The second-order valence-electron chi connectivity index (χ2n) is 3.39. The topological polar surface area (TPSA) is 60.2 Å². The zero-order valence-electron chi connectivity index (χ0n) is 8.97. The second kappa shape index (κ2) is 4.63. The Labute approximate surface area is 94.0 Å². The maximum Gasteiger partial charge on any atom is 0.143 e. The molecule has 0 amide bonds. The van der Waals surface area contributed by atoms with E-state index in [4.69, 9.17) is 10.6 Å². The van der Waals surface area contributed by atoms with Crippen LogP contribution in [0.15, 0.2) is 42.6 Å². The molecule has 0 aliphatic rings. The number of benzene rings is 1. The average Bonchev–Trinajstić information content (AvgIpc) is 2.32. The molecule has 0 saturated carbocycles. The summed E-state index contributed by atoms with van der Waals surface area (Å²) in [7, 11) is 0. The van der Waals surface area contributed by atoms with Crippen molar-refractivity contribution in [2.24, 2.45) is 5.84 Å². The van der Waals surface area contributed by atoms with Gasteiger partial charge in [0.05, 0.1) is 0 Å². The molecule has 0 fully saturated rings. The number of nitrogen functional groups attached to an aromatic ring is 1. The Hall–Kier alpha value is -2.07. The number of aryl methyl sites for hydroxylation is 1. The summed E-state index contributed by atoms with van der Waals surface area (Å²) in [6.45, 7) is 2.00. The Kier molecular flexibility index (Phi) is 3.03. The minimum absolute atomic E-state index is 0.575. The normalized spacial score (nSPS) is 9.88. The molecule has 2 aromatic rings. The van der Waals surface area contributed by atoms with Crippen molar-refractivity contribution >= 4 is 5.82 Å². The maximum atomic E-state index is 5.72. The van der Waals surface area contributed by atoms with Crippen LogP contribution in [0.1, 0.15) is 5.56 Å². The molecule has 1 aromatic carbocycles. The quantitative estimate of drug-likeness (QED) is 0.610. The van der Waals surface area contributed by atoms with Gasteiger partial charge in [0.15, 0.2) is 0 Å². The Morgan fingerprint density at radius 1 is 1.25 bits per heavy atom. The summed E-state index contributed by atoms with van der Waals surface area (Å²) in [5.41, 5.74) is 3.56. The van der Waals surface area contributed by atoms with Gasteiger partial charge in [-0.15, -0.1) is 0 Å². The van der Waals surface area contributed by atoms with Gasteiger partial charge in [-0.25, -0.2) is 10.8 Å². The minimum Gasteiger partial charge on any atom is -0.457 e. The fourth-order valence-corrected chi connectivity index (χ4v) is 1.35. The summed E-state index contributed by atoms with van der Waals surface area (Å²) in [6, 6.07) is 11.4. The molecule has 16 heavy (non-hydrogen) atoms. The highest BCUT2D eigenvalue weighted by atomic mass is 16.5. The number of anilines is 1. The lowest BCUT2D eigenvalue weighted by Gasteiger charge is -2.08. The average molecular weight is 215 g/mol. The lowest BCUT2D eigenvalue weighted by Crippen LogP contribution is -2.08. The van der Waals surface area contributed by atoms with E-state index >= 15 is 0 Å². The molecular formula is C12H13N3O. The van der Waals surface area contributed by atoms with Crippen molar-refractivity contribution in [1.82, 2.24) is 4.98 Å². The van der Waals surface area contributed by atoms with E-state index < -0.39 is 0 Å². The van der Waals surface area contributed by atoms with Crippen LogP contribution in [0, 0.1) is 6.92 Å². The van der Waals surface area contributed by atoms with Crippen molar-refractivity contribution in [2.45, 2.75) is 6.92 Å². The molecule has 82 valence electrons. The van der Waals surface area contributed by atoms with Gasteiger partial charge in [0.1, 0.15) is 17.3 Å². The fraction of sp³-hybridized carbons (Fsp3) is 0.0833. The molecule has 0 radical (unpaired) electrons. The Bertz CT molecular complexity index is 485. The van der Waals surface area contributed by atoms with Gasteiger partial charge in [-0.2, -0.15) is 0 Å². The van der Waals surface area contributed by atoms with Crippen molar-refractivity contribution in [3.05, 3.63) is 48.2 Å². The molecule has 4 heteroatoms. The molecule has 3 N–H and O–H groups in total. The van der Waals surface area contributed by atoms with E-state index in [9.17, 15) is 0 Å². The number of rotatable bonds is 3. The first kappa shape index (κ1) is 10.4. The third kappa shape index (κ3) is 2.29. The lowest BCUT2D eigenvalue weighted by molar-refractivity contribution is 0.478. The standard InChI is InChI=1S/C12H13N3O/c1-9-4-2-3-5-11(9)16-10-6-7-14-12(8-10)15-13/h2-8H,13H2,1H3,(H,14,15). The maximum absolute atomic E-state index is 5.72. The number of aromatic nitrogens is 1. The highest BCUT2D eigenvalue weighted by molar-refractivity contribution is 5.42. The number of hydrogen-bond acceptors (Lipinski definition) is 4. The number of pyridine rings is 1. The van der Waals surface area contributed by atoms with Gasteiger partial charge in [-0.3, -0.25) is 0 Å². The number of para-hydroxylation sites is 1. The van der Waals surface area contributed by atoms with Gasteiger partial charge in [0, 0.05) is 12.3 Å². The molecule has 1 aromatic heterocycles. The second-order valence-corrected chi connectivity index (χ2v) is 3.39. The smallest absolute Gasteiger partial charge is 0.143 e. The first-order valence-electron chi connectivity index (χ1n) is 4.96. The summed E-state index contributed by atoms with van der Waals surface area (Å²) in [5.74, 6) is 7.39. The summed E-state index contributed by atoms with van der Waals surface area (Å²) >= 11 is 0. The highest BCUT2D eigenvalue weighted by Gasteiger charge is 2.01. The Morgan fingerprint density at radius 2 is 2.06 bits per heavy atom. The van der Waals surface area contributed by atoms with E-state index in [1.54, 1.807) is 18.3 Å². The van der Waals surface area contributed by atoms with Crippen molar-refractivity contribution in [2.75, 3.05) is 5.43 Å². The molecule has 0 aliphatic heterocycles. The number of ether oxygens (including phenoxy) is 1. The summed E-state index contributed by atoms with van der Waals surface area (Å²) in [4.78, 5) is 4.01. The number of hydrogen-bond donors (Lipinski definition) is 2. The molecule has 4 nitrogen and oxygen atoms in total. The van der Waals surface area contributed by atoms with Crippen molar-refractivity contribution in [3.8, 4) is 11.5 Å². The molecule has 0 unspecified atom stereocenters. The number of nitrogens with zero attached hydrogens (tertiary/aromatic N) is 1. The van der Waals surface area contributed by atoms with Crippen LogP contribution >= 0.6 is 0 Å². The predicted octanol–water partition coefficient (Wildman–Crippen LogP) is 2.47. The van der Waals surface area contributed by atoms with Crippen molar-refractivity contribution in [3.63, 3.8) is 0 Å². The monoisotopic (exact) mass is 215 g/mol. The van der Waals surface area contributed by atoms with Gasteiger partial charge in [-0.1, -0.05) is 18.2 Å². The molecule has 2 rings (SSSR count). The van der Waals surface area contributed by atoms with E-state index in [-0.39, 0.29) is 0 Å². The molecule has 0 bridgehead atoms. The zero-order valence-corrected chi connectivity index (χ0v) is 8.97. The van der Waals surface area contributed by atoms with E-state index in [0.717, 1.165) is 11.3 Å². The van der Waals surface area contributed by atoms with E-state index in [1.165, 1.54) is 0 Å². The summed E-state index contributed by atoms with van der Waals surface area (Å²) in [6.07, 6.45) is 1.64. The molecule has 0 aliphatic carbocycles. The van der Waals surface area contributed by atoms with Crippen LogP contribution in [0.5, 0.6) is 11.5 Å². The Morgan fingerprint density at radius 3 is 2.81 bits per heavy atom. The van der Waals surface area contributed by atoms with E-state index in [1.807, 2.05) is 31.2 Å². The molecule has 1 heterocycles. The van der Waals surface area contributed by atoms with Gasteiger partial charge in [-0.05, 0) is 24.6 Å². The number of hydrazine groups is 1. The SMILES string of the molecule is Cc1ccccc1Oc1ccnc(NN)c1. The fourth-order valence-electron chi connectivity index (χ4n) is 1.35. The van der Waals surface area contributed by atoms with Crippen LogP contribution in [-0.2, 0) is 0 Å². The van der Waals surface area contributed by atoms with Crippen LogP contribution in [0.2, 0.25) is 0 Å². The van der Waals surface area contributed by atoms with E-state index in [0.29, 0.717) is 11.6 Å². The lowest BCUT2D eigenvalue weighted by atomic mass is 10.2. The van der Waals surface area contributed by atoms with E-state index in [2.05, 4.69) is 10.4 Å². The predicted molar refractivity (Wildman–Crippen MR) is 63.3 cm³/mol.